The molecule has 0 saturated carbocycles. The zero-order valence-electron chi connectivity index (χ0n) is 34.4. The smallest absolute Gasteiger partial charge is 0.100 e. The average molecular weight is 701 g/mol. The highest BCUT2D eigenvalue weighted by Crippen LogP contribution is 2.07. The minimum atomic E-state index is 0.968. The van der Waals surface area contributed by atoms with Crippen LogP contribution in [0.2, 0.25) is 0 Å². The van der Waals surface area contributed by atoms with E-state index in [1.807, 2.05) is 115 Å². The summed E-state index contributed by atoms with van der Waals surface area (Å²) in [5.41, 5.74) is 5.40. The fourth-order valence-corrected chi connectivity index (χ4v) is 3.71. The van der Waals surface area contributed by atoms with Gasteiger partial charge in [-0.2, -0.15) is 11.3 Å². The summed E-state index contributed by atoms with van der Waals surface area (Å²) in [6, 6.07) is 12.0. The third kappa shape index (κ3) is 49.8. The minimum Gasteiger partial charge on any atom is -0.472 e. The van der Waals surface area contributed by atoms with Gasteiger partial charge in [0.05, 0.1) is 18.8 Å². The van der Waals surface area contributed by atoms with Crippen LogP contribution in [0.5, 0.6) is 0 Å². The Labute approximate surface area is 308 Å². The molecule has 0 radical (unpaired) electrons. The molecule has 0 unspecified atom stereocenters. The summed E-state index contributed by atoms with van der Waals surface area (Å²) in [6.07, 6.45) is 20.2. The highest BCUT2D eigenvalue weighted by atomic mass is 32.1. The molecule has 0 saturated heterocycles. The normalized spacial score (nSPS) is 9.79. The summed E-state index contributed by atoms with van der Waals surface area (Å²) < 4.78 is 9.55. The van der Waals surface area contributed by atoms with E-state index in [1.54, 1.807) is 41.5 Å². The molecule has 4 heteroatoms. The van der Waals surface area contributed by atoms with Gasteiger partial charge >= 0.3 is 0 Å². The second-order valence-electron chi connectivity index (χ2n) is 8.28. The number of allylic oxidation sites excluding steroid dienone is 8. The van der Waals surface area contributed by atoms with Gasteiger partial charge in [0.1, 0.15) is 5.76 Å². The molecule has 2 aliphatic carbocycles. The molecule has 0 aliphatic heterocycles. The van der Waals surface area contributed by atoms with Gasteiger partial charge in [-0.15, -0.1) is 11.3 Å². The number of hydrogen-bond donors (Lipinski definition) is 0. The number of rotatable bonds is 0. The molecule has 0 N–H and O–H groups in total. The predicted molar refractivity (Wildman–Crippen MR) is 228 cm³/mol. The van der Waals surface area contributed by atoms with E-state index >= 15 is 0 Å². The summed E-state index contributed by atoms with van der Waals surface area (Å²) >= 11 is 3.52. The Hall–Kier alpha value is -3.08. The Kier molecular flexibility index (Phi) is 63.7. The lowest BCUT2D eigenvalue weighted by molar-refractivity contribution is 0.534. The Morgan fingerprint density at radius 1 is 0.625 bits per heavy atom. The van der Waals surface area contributed by atoms with Crippen LogP contribution >= 0.6 is 22.7 Å². The zero-order chi connectivity index (χ0) is 38.4. The Bertz CT molecular complexity index is 977. The van der Waals surface area contributed by atoms with Gasteiger partial charge in [0.25, 0.3) is 0 Å². The van der Waals surface area contributed by atoms with Crippen LogP contribution < -0.4 is 0 Å². The molecule has 4 aromatic rings. The van der Waals surface area contributed by atoms with E-state index in [1.165, 1.54) is 33.6 Å². The van der Waals surface area contributed by atoms with Crippen LogP contribution in [0, 0.1) is 27.7 Å². The first-order valence-corrected chi connectivity index (χ1v) is 19.8. The minimum absolute atomic E-state index is 0.968. The van der Waals surface area contributed by atoms with Crippen LogP contribution in [0.4, 0.5) is 0 Å². The lowest BCUT2D eigenvalue weighted by Gasteiger charge is -1.78. The van der Waals surface area contributed by atoms with Gasteiger partial charge in [-0.05, 0) is 112 Å². The molecule has 0 aromatic carbocycles. The maximum Gasteiger partial charge on any atom is 0.100 e. The highest BCUT2D eigenvalue weighted by Gasteiger charge is 1.86. The van der Waals surface area contributed by atoms with Crippen LogP contribution in [0.25, 0.3) is 0 Å². The van der Waals surface area contributed by atoms with E-state index in [9.17, 15) is 0 Å². The van der Waals surface area contributed by atoms with Gasteiger partial charge in [-0.3, -0.25) is 0 Å². The van der Waals surface area contributed by atoms with Gasteiger partial charge in [0.2, 0.25) is 0 Å². The third-order valence-corrected chi connectivity index (χ3v) is 6.17. The molecule has 0 atom stereocenters. The first kappa shape index (κ1) is 57.2. The van der Waals surface area contributed by atoms with Crippen molar-refractivity contribution in [2.45, 2.75) is 137 Å². The van der Waals surface area contributed by atoms with Gasteiger partial charge in [0, 0.05) is 4.88 Å². The van der Waals surface area contributed by atoms with E-state index in [-0.39, 0.29) is 0 Å². The standard InChI is InChI=1S/2C6H8.2C5H6O.2C5H6S.6C2H6/c2*1-6-4-2-3-5-6;1-5-2-3-6-4-5;1-5-3-2-4-6-5;1-5-2-3-6-4-5;1-5-3-2-4-6-5;6*1-2/h2,4-5H,3H2,1H3;2-4H,5H2,1H3;4*2-4H,1H3;6*1-2H3. The first-order chi connectivity index (χ1) is 23.4. The molecule has 2 nitrogen and oxygen atoms in total. The molecule has 6 rings (SSSR count). The molecule has 4 heterocycles. The fraction of sp³-hybridized carbons (Fsp3) is 0.455. The lowest BCUT2D eigenvalue weighted by Crippen LogP contribution is -1.58. The monoisotopic (exact) mass is 701 g/mol. The van der Waals surface area contributed by atoms with Gasteiger partial charge in [0.15, 0.2) is 0 Å². The van der Waals surface area contributed by atoms with Crippen LogP contribution in [0.1, 0.15) is 132 Å². The van der Waals surface area contributed by atoms with Crippen molar-refractivity contribution in [2.24, 2.45) is 0 Å². The molecule has 0 bridgehead atoms. The molecule has 2 aliphatic rings. The zero-order valence-corrected chi connectivity index (χ0v) is 36.1. The van der Waals surface area contributed by atoms with E-state index in [4.69, 9.17) is 8.83 Å². The van der Waals surface area contributed by atoms with Crippen molar-refractivity contribution >= 4 is 22.7 Å². The summed E-state index contributed by atoms with van der Waals surface area (Å²) in [7, 11) is 0. The number of thiophene rings is 2. The van der Waals surface area contributed by atoms with Crippen molar-refractivity contribution in [3.05, 3.63) is 141 Å². The summed E-state index contributed by atoms with van der Waals surface area (Å²) in [5.74, 6) is 0.968. The van der Waals surface area contributed by atoms with Crippen molar-refractivity contribution < 1.29 is 8.83 Å². The summed E-state index contributed by atoms with van der Waals surface area (Å²) in [5, 5.41) is 6.28. The molecular formula is C44H76O2S2. The molecule has 48 heavy (non-hydrogen) atoms. The van der Waals surface area contributed by atoms with Crippen LogP contribution in [-0.2, 0) is 0 Å². The predicted octanol–water partition coefficient (Wildman–Crippen LogP) is 17.2. The van der Waals surface area contributed by atoms with Crippen molar-refractivity contribution in [3.63, 3.8) is 0 Å². The molecule has 276 valence electrons. The first-order valence-electron chi connectivity index (χ1n) is 18.0. The van der Waals surface area contributed by atoms with Crippen LogP contribution in [0.3, 0.4) is 0 Å². The van der Waals surface area contributed by atoms with Crippen LogP contribution in [-0.4, -0.2) is 0 Å². The second kappa shape index (κ2) is 53.4. The topological polar surface area (TPSA) is 26.3 Å². The van der Waals surface area contributed by atoms with Crippen molar-refractivity contribution in [3.8, 4) is 0 Å². The van der Waals surface area contributed by atoms with Gasteiger partial charge in [-0.25, -0.2) is 0 Å². The summed E-state index contributed by atoms with van der Waals surface area (Å²) in [4.78, 5) is 1.38. The number of aryl methyl sites for hydroxylation is 4. The maximum atomic E-state index is 4.83. The van der Waals surface area contributed by atoms with Crippen molar-refractivity contribution in [1.29, 1.82) is 0 Å². The Balaban J connectivity index is -0.000000104. The maximum absolute atomic E-state index is 4.83. The molecule has 0 amide bonds. The molecule has 0 fully saturated rings. The van der Waals surface area contributed by atoms with Gasteiger partial charge in [-0.1, -0.05) is 137 Å². The summed E-state index contributed by atoms with van der Waals surface area (Å²) in [6.45, 7) is 36.4. The largest absolute Gasteiger partial charge is 0.472 e. The quantitative estimate of drug-likeness (QED) is 0.182. The lowest BCUT2D eigenvalue weighted by atomic mass is 10.3. The fourth-order valence-electron chi connectivity index (χ4n) is 2.52. The Morgan fingerprint density at radius 3 is 1.38 bits per heavy atom. The average Bonchev–Trinajstić information content (AvgIpc) is 3.99. The van der Waals surface area contributed by atoms with E-state index in [2.05, 4.69) is 98.5 Å². The third-order valence-electron chi connectivity index (χ3n) is 4.57. The second-order valence-corrected chi connectivity index (χ2v) is 10.2. The number of hydrogen-bond acceptors (Lipinski definition) is 4. The van der Waals surface area contributed by atoms with Gasteiger partial charge < -0.3 is 8.83 Å². The van der Waals surface area contributed by atoms with Crippen LogP contribution in [0.15, 0.2) is 128 Å². The SMILES string of the molecule is CC.CC.CC.CC.CC.CC.CC1=CC=CC1.CC1=CCC=C1.Cc1ccco1.Cc1cccs1.Cc1ccoc1.Cc1ccsc1. The Morgan fingerprint density at radius 2 is 1.25 bits per heavy atom. The molecular weight excluding hydrogens is 625 g/mol. The van der Waals surface area contributed by atoms with E-state index in [0.717, 1.165) is 12.2 Å². The number of furan rings is 2. The van der Waals surface area contributed by atoms with Crippen molar-refractivity contribution in [1.82, 2.24) is 0 Å². The molecule has 0 spiro atoms. The van der Waals surface area contributed by atoms with E-state index < -0.39 is 0 Å². The van der Waals surface area contributed by atoms with Crippen molar-refractivity contribution in [2.75, 3.05) is 0 Å². The highest BCUT2D eigenvalue weighted by molar-refractivity contribution is 7.09. The van der Waals surface area contributed by atoms with E-state index in [0.29, 0.717) is 0 Å². The molecule has 4 aromatic heterocycles.